The molecule has 1 saturated carbocycles. The molecule has 2 fully saturated rings. The number of ether oxygens (including phenoxy) is 3. The largest absolute Gasteiger partial charge is 0.497 e. The van der Waals surface area contributed by atoms with Crippen LogP contribution in [0.4, 0.5) is 0 Å². The lowest BCUT2D eigenvalue weighted by Gasteiger charge is -2.51. The fraction of sp³-hybridized carbons (Fsp3) is 0.400. The van der Waals surface area contributed by atoms with Crippen molar-refractivity contribution >= 4 is 6.08 Å². The van der Waals surface area contributed by atoms with E-state index in [1.807, 2.05) is 41.2 Å². The van der Waals surface area contributed by atoms with Gasteiger partial charge >= 0.3 is 0 Å². The van der Waals surface area contributed by atoms with E-state index in [1.165, 1.54) is 11.1 Å². The molecule has 158 valence electrons. The molecule has 1 aliphatic heterocycles. The SMILES string of the molecule is C=C.C=C[C@@H]1COC2(CCCC3=Cc4c(cnn4-c4ccc(OC)cc4)C[C@@]32C)O1. The first-order valence-electron chi connectivity index (χ1n) is 10.5. The van der Waals surface area contributed by atoms with E-state index in [0.29, 0.717) is 6.61 Å². The molecule has 0 amide bonds. The average Bonchev–Trinajstić information content (AvgIpc) is 3.39. The van der Waals surface area contributed by atoms with Crippen LogP contribution in [-0.4, -0.2) is 35.4 Å². The predicted octanol–water partition coefficient (Wildman–Crippen LogP) is 5.11. The molecular weight excluding hydrogens is 376 g/mol. The predicted molar refractivity (Wildman–Crippen MR) is 119 cm³/mol. The molecule has 0 bridgehead atoms. The Morgan fingerprint density at radius 3 is 2.70 bits per heavy atom. The Hall–Kier alpha value is -2.63. The Labute approximate surface area is 178 Å². The number of rotatable bonds is 3. The molecule has 2 aliphatic carbocycles. The van der Waals surface area contributed by atoms with E-state index in [0.717, 1.165) is 42.8 Å². The molecule has 2 heterocycles. The first kappa shape index (κ1) is 20.6. The van der Waals surface area contributed by atoms with E-state index in [-0.39, 0.29) is 11.5 Å². The molecule has 0 N–H and O–H groups in total. The highest BCUT2D eigenvalue weighted by molar-refractivity contribution is 5.62. The van der Waals surface area contributed by atoms with Crippen molar-refractivity contribution in [1.82, 2.24) is 9.78 Å². The van der Waals surface area contributed by atoms with Crippen LogP contribution in [0, 0.1) is 5.41 Å². The van der Waals surface area contributed by atoms with Gasteiger partial charge in [-0.05, 0) is 55.2 Å². The van der Waals surface area contributed by atoms with Crippen LogP contribution in [0.2, 0.25) is 0 Å². The van der Waals surface area contributed by atoms with Crippen molar-refractivity contribution in [1.29, 1.82) is 0 Å². The summed E-state index contributed by atoms with van der Waals surface area (Å²) in [5.41, 5.74) is 4.65. The first-order chi connectivity index (χ1) is 14.6. The third-order valence-electron chi connectivity index (χ3n) is 6.65. The summed E-state index contributed by atoms with van der Waals surface area (Å²) in [6, 6.07) is 8.01. The van der Waals surface area contributed by atoms with Crippen LogP contribution in [0.25, 0.3) is 11.8 Å². The van der Waals surface area contributed by atoms with Crippen molar-refractivity contribution in [3.8, 4) is 11.4 Å². The van der Waals surface area contributed by atoms with E-state index < -0.39 is 5.79 Å². The highest BCUT2D eigenvalue weighted by Crippen LogP contribution is 2.57. The molecule has 1 aromatic heterocycles. The number of hydrogen-bond donors (Lipinski definition) is 0. The maximum Gasteiger partial charge on any atom is 0.178 e. The minimum Gasteiger partial charge on any atom is -0.497 e. The molecule has 0 radical (unpaired) electrons. The summed E-state index contributed by atoms with van der Waals surface area (Å²) in [5.74, 6) is 0.285. The lowest BCUT2D eigenvalue weighted by atomic mass is 9.62. The molecule has 5 heteroatoms. The Morgan fingerprint density at radius 1 is 1.27 bits per heavy atom. The quantitative estimate of drug-likeness (QED) is 0.665. The Kier molecular flexibility index (Phi) is 5.43. The zero-order valence-corrected chi connectivity index (χ0v) is 17.9. The van der Waals surface area contributed by atoms with Gasteiger partial charge in [0.2, 0.25) is 0 Å². The molecule has 1 aromatic carbocycles. The fourth-order valence-corrected chi connectivity index (χ4v) is 5.01. The normalized spacial score (nSPS) is 29.3. The van der Waals surface area contributed by atoms with E-state index >= 15 is 0 Å². The molecule has 1 saturated heterocycles. The minimum atomic E-state index is -0.560. The Balaban J connectivity index is 0.00000106. The highest BCUT2D eigenvalue weighted by Gasteiger charge is 2.59. The number of aromatic nitrogens is 2. The van der Waals surface area contributed by atoms with Gasteiger partial charge in [0.1, 0.15) is 11.9 Å². The molecule has 1 unspecified atom stereocenters. The second kappa shape index (κ2) is 7.89. The second-order valence-corrected chi connectivity index (χ2v) is 8.15. The van der Waals surface area contributed by atoms with Crippen molar-refractivity contribution in [3.05, 3.63) is 73.1 Å². The van der Waals surface area contributed by atoms with Crippen LogP contribution < -0.4 is 4.74 Å². The summed E-state index contributed by atoms with van der Waals surface area (Å²) >= 11 is 0. The van der Waals surface area contributed by atoms with Crippen LogP contribution in [0.3, 0.4) is 0 Å². The van der Waals surface area contributed by atoms with E-state index in [2.05, 4.69) is 32.7 Å². The zero-order valence-electron chi connectivity index (χ0n) is 17.9. The third-order valence-corrected chi connectivity index (χ3v) is 6.65. The number of nitrogens with zero attached hydrogens (tertiary/aromatic N) is 2. The van der Waals surface area contributed by atoms with E-state index in [1.54, 1.807) is 7.11 Å². The van der Waals surface area contributed by atoms with Gasteiger partial charge in [0, 0.05) is 11.8 Å². The summed E-state index contributed by atoms with van der Waals surface area (Å²) in [7, 11) is 1.68. The van der Waals surface area contributed by atoms with Gasteiger partial charge in [-0.15, -0.1) is 19.7 Å². The van der Waals surface area contributed by atoms with Crippen LogP contribution >= 0.6 is 0 Å². The number of methoxy groups -OCH3 is 1. The average molecular weight is 407 g/mol. The zero-order chi connectivity index (χ0) is 21.4. The monoisotopic (exact) mass is 406 g/mol. The molecule has 30 heavy (non-hydrogen) atoms. The summed E-state index contributed by atoms with van der Waals surface area (Å²) < 4.78 is 20.0. The standard InChI is InChI=1S/C23H26N2O3.C2H4/c1-4-19-15-27-23(28-19)11-5-6-17-12-21-16(13-22(17,23)2)14-24-25(21)18-7-9-20(26-3)10-8-18;1-2/h4,7-10,12,14,19H,1,5-6,11,13,15H2,2-3H3;1-2H2/t19-,22+,23?;/m1./s1. The lowest BCUT2D eigenvalue weighted by molar-refractivity contribution is -0.239. The molecule has 1 spiro atoms. The van der Waals surface area contributed by atoms with Gasteiger partial charge in [-0.2, -0.15) is 5.10 Å². The molecule has 3 aliphatic rings. The Morgan fingerprint density at radius 2 is 2.03 bits per heavy atom. The molecule has 2 aromatic rings. The summed E-state index contributed by atoms with van der Waals surface area (Å²) in [6.07, 6.45) is 10.0. The van der Waals surface area contributed by atoms with Gasteiger partial charge in [-0.1, -0.05) is 18.6 Å². The maximum atomic E-state index is 6.42. The number of benzene rings is 1. The van der Waals surface area contributed by atoms with Crippen LogP contribution in [0.1, 0.15) is 37.4 Å². The van der Waals surface area contributed by atoms with Crippen LogP contribution in [0.5, 0.6) is 5.75 Å². The van der Waals surface area contributed by atoms with Crippen molar-refractivity contribution < 1.29 is 14.2 Å². The molecule has 5 rings (SSSR count). The van der Waals surface area contributed by atoms with Gasteiger partial charge in [0.15, 0.2) is 5.79 Å². The summed E-state index contributed by atoms with van der Waals surface area (Å²) in [5, 5.41) is 4.69. The first-order valence-corrected chi connectivity index (χ1v) is 10.5. The van der Waals surface area contributed by atoms with E-state index in [9.17, 15) is 0 Å². The van der Waals surface area contributed by atoms with Crippen LogP contribution in [-0.2, 0) is 15.9 Å². The third kappa shape index (κ3) is 3.04. The summed E-state index contributed by atoms with van der Waals surface area (Å²) in [4.78, 5) is 0. The van der Waals surface area contributed by atoms with Crippen molar-refractivity contribution in [3.63, 3.8) is 0 Å². The van der Waals surface area contributed by atoms with E-state index in [4.69, 9.17) is 19.3 Å². The highest BCUT2D eigenvalue weighted by atomic mass is 16.7. The molecule has 3 atom stereocenters. The fourth-order valence-electron chi connectivity index (χ4n) is 5.01. The Bertz CT molecular complexity index is 961. The minimum absolute atomic E-state index is 0.0282. The molecular formula is C25H30N2O3. The van der Waals surface area contributed by atoms with Gasteiger partial charge in [-0.3, -0.25) is 0 Å². The smallest absolute Gasteiger partial charge is 0.178 e. The lowest BCUT2D eigenvalue weighted by Crippen LogP contribution is -2.53. The maximum absolute atomic E-state index is 6.42. The number of hydrogen-bond acceptors (Lipinski definition) is 4. The van der Waals surface area contributed by atoms with Gasteiger partial charge < -0.3 is 14.2 Å². The van der Waals surface area contributed by atoms with Crippen molar-refractivity contribution in [2.45, 2.75) is 44.5 Å². The van der Waals surface area contributed by atoms with Crippen molar-refractivity contribution in [2.24, 2.45) is 5.41 Å². The molecule has 5 nitrogen and oxygen atoms in total. The van der Waals surface area contributed by atoms with Crippen LogP contribution in [0.15, 0.2) is 61.8 Å². The van der Waals surface area contributed by atoms with Gasteiger partial charge in [0.05, 0.1) is 31.3 Å². The van der Waals surface area contributed by atoms with Gasteiger partial charge in [0.25, 0.3) is 0 Å². The van der Waals surface area contributed by atoms with Crippen molar-refractivity contribution in [2.75, 3.05) is 13.7 Å². The number of fused-ring (bicyclic) bond motifs is 3. The second-order valence-electron chi connectivity index (χ2n) is 8.15. The topological polar surface area (TPSA) is 45.5 Å². The summed E-state index contributed by atoms with van der Waals surface area (Å²) in [6.45, 7) is 12.8. The van der Waals surface area contributed by atoms with Gasteiger partial charge in [-0.25, -0.2) is 4.68 Å².